The topological polar surface area (TPSA) is 101 Å². The monoisotopic (exact) mass is 416 g/mol. The molecule has 1 heterocycles. The van der Waals surface area contributed by atoms with Crippen LogP contribution in [0, 0.1) is 6.92 Å². The molecule has 0 unspecified atom stereocenters. The molecule has 0 saturated carbocycles. The number of rotatable bonds is 7. The minimum Gasteiger partial charge on any atom is -0.296 e. The molecular weight excluding hydrogens is 396 g/mol. The number of anilines is 1. The number of amides is 1. The van der Waals surface area contributed by atoms with E-state index in [1.165, 1.54) is 0 Å². The molecule has 2 aromatic carbocycles. The van der Waals surface area contributed by atoms with E-state index in [1.54, 1.807) is 18.2 Å². The first-order valence-corrected chi connectivity index (χ1v) is 11.0. The summed E-state index contributed by atoms with van der Waals surface area (Å²) in [5.41, 5.74) is 2.28. The number of carbonyl (C=O) groups is 1. The fourth-order valence-electron chi connectivity index (χ4n) is 2.63. The van der Waals surface area contributed by atoms with E-state index in [4.69, 9.17) is 0 Å². The van der Waals surface area contributed by atoms with E-state index in [-0.39, 0.29) is 21.4 Å². The van der Waals surface area contributed by atoms with Crippen LogP contribution in [-0.4, -0.2) is 24.5 Å². The highest BCUT2D eigenvalue weighted by atomic mass is 32.2. The molecule has 9 heteroatoms. The van der Waals surface area contributed by atoms with Crippen molar-refractivity contribution in [1.29, 1.82) is 0 Å². The van der Waals surface area contributed by atoms with Gasteiger partial charge < -0.3 is 0 Å². The number of carbonyl (C=O) groups excluding carboxylic acids is 1. The fourth-order valence-corrected chi connectivity index (χ4v) is 4.85. The molecule has 0 aliphatic heterocycles. The van der Waals surface area contributed by atoms with Crippen molar-refractivity contribution in [2.45, 2.75) is 30.6 Å². The summed E-state index contributed by atoms with van der Waals surface area (Å²) in [4.78, 5) is 12.3. The number of nitrogens with zero attached hydrogens (tertiary/aromatic N) is 2. The van der Waals surface area contributed by atoms with E-state index in [0.717, 1.165) is 22.5 Å². The van der Waals surface area contributed by atoms with E-state index in [0.29, 0.717) is 12.0 Å². The van der Waals surface area contributed by atoms with Crippen molar-refractivity contribution in [3.05, 3.63) is 71.3 Å². The Balaban J connectivity index is 1.74. The molecule has 7 nitrogen and oxygen atoms in total. The molecule has 1 aromatic heterocycles. The molecule has 3 rings (SSSR count). The molecule has 3 aromatic rings. The second kappa shape index (κ2) is 8.59. The molecule has 0 aliphatic carbocycles. The Morgan fingerprint density at radius 3 is 2.54 bits per heavy atom. The quantitative estimate of drug-likeness (QED) is 0.574. The molecule has 146 valence electrons. The average molecular weight is 417 g/mol. The Hall–Kier alpha value is -2.62. The van der Waals surface area contributed by atoms with E-state index in [9.17, 15) is 13.2 Å². The first-order valence-electron chi connectivity index (χ1n) is 8.68. The van der Waals surface area contributed by atoms with E-state index in [2.05, 4.69) is 20.2 Å². The lowest BCUT2D eigenvalue weighted by molar-refractivity contribution is 0.102. The minimum atomic E-state index is -3.86. The highest BCUT2D eigenvalue weighted by Gasteiger charge is 2.25. The van der Waals surface area contributed by atoms with Crippen molar-refractivity contribution in [3.63, 3.8) is 0 Å². The number of hydrogen-bond acceptors (Lipinski definition) is 6. The molecule has 0 saturated heterocycles. The molecule has 0 aliphatic rings. The Morgan fingerprint density at radius 1 is 1.11 bits per heavy atom. The van der Waals surface area contributed by atoms with E-state index in [1.807, 2.05) is 50.2 Å². The summed E-state index contributed by atoms with van der Waals surface area (Å²) >= 11 is 0.810. The van der Waals surface area contributed by atoms with Gasteiger partial charge in [-0.25, -0.2) is 13.1 Å². The summed E-state index contributed by atoms with van der Waals surface area (Å²) in [5, 5.41) is 10.2. The summed E-state index contributed by atoms with van der Waals surface area (Å²) < 4.78 is 27.8. The van der Waals surface area contributed by atoms with Gasteiger partial charge in [0.1, 0.15) is 0 Å². The van der Waals surface area contributed by atoms with Crippen molar-refractivity contribution >= 4 is 32.4 Å². The Kier molecular flexibility index (Phi) is 6.18. The second-order valence-electron chi connectivity index (χ2n) is 6.19. The van der Waals surface area contributed by atoms with E-state index >= 15 is 0 Å². The number of benzene rings is 2. The summed E-state index contributed by atoms with van der Waals surface area (Å²) in [7, 11) is -3.86. The molecule has 1 atom stereocenters. The maximum Gasteiger partial charge on any atom is 0.270 e. The van der Waals surface area contributed by atoms with Gasteiger partial charge in [0.2, 0.25) is 9.47 Å². The standard InChI is InChI=1S/C19H20N4O3S2/c1-3-16(14-9-5-4-6-10-14)23-28(25,26)19-22-21-18(27-19)20-17(24)15-11-7-8-13(2)12-15/h4-12,16,23H,3H2,1-2H3,(H,20,21,24)/t16-/m1/s1. The normalized spacial score (nSPS) is 12.5. The third kappa shape index (κ3) is 4.80. The molecule has 0 spiro atoms. The van der Waals surface area contributed by atoms with Crippen LogP contribution in [0.1, 0.15) is 40.9 Å². The lowest BCUT2D eigenvalue weighted by Crippen LogP contribution is -2.28. The van der Waals surface area contributed by atoms with Crippen LogP contribution < -0.4 is 10.0 Å². The Bertz CT molecular complexity index is 1070. The van der Waals surface area contributed by atoms with Crippen LogP contribution in [0.25, 0.3) is 0 Å². The first-order chi connectivity index (χ1) is 13.4. The van der Waals surface area contributed by atoms with Crippen LogP contribution in [0.2, 0.25) is 0 Å². The van der Waals surface area contributed by atoms with Crippen LogP contribution >= 0.6 is 11.3 Å². The molecule has 2 N–H and O–H groups in total. The Labute approximate surface area is 167 Å². The van der Waals surface area contributed by atoms with Gasteiger partial charge in [0.25, 0.3) is 15.9 Å². The SMILES string of the molecule is CC[C@@H](NS(=O)(=O)c1nnc(NC(=O)c2cccc(C)c2)s1)c1ccccc1. The molecular formula is C19H20N4O3S2. The third-order valence-corrected chi connectivity index (χ3v) is 6.72. The zero-order valence-corrected chi connectivity index (χ0v) is 17.0. The summed E-state index contributed by atoms with van der Waals surface area (Å²) in [6, 6.07) is 16.0. The van der Waals surface area contributed by atoms with Crippen LogP contribution in [0.5, 0.6) is 0 Å². The highest BCUT2D eigenvalue weighted by Crippen LogP contribution is 2.24. The maximum atomic E-state index is 12.7. The highest BCUT2D eigenvalue weighted by molar-refractivity contribution is 7.91. The molecule has 28 heavy (non-hydrogen) atoms. The zero-order valence-electron chi connectivity index (χ0n) is 15.4. The molecule has 0 radical (unpaired) electrons. The lowest BCUT2D eigenvalue weighted by atomic mass is 10.1. The summed E-state index contributed by atoms with van der Waals surface area (Å²) in [6.07, 6.45) is 0.582. The number of aryl methyl sites for hydroxylation is 1. The van der Waals surface area contributed by atoms with Crippen molar-refractivity contribution in [2.24, 2.45) is 0 Å². The molecule has 1 amide bonds. The average Bonchev–Trinajstić information content (AvgIpc) is 3.16. The van der Waals surface area contributed by atoms with Gasteiger partial charge in [-0.15, -0.1) is 10.2 Å². The van der Waals surface area contributed by atoms with Crippen LogP contribution in [-0.2, 0) is 10.0 Å². The first kappa shape index (κ1) is 20.1. The molecule has 0 bridgehead atoms. The van der Waals surface area contributed by atoms with E-state index < -0.39 is 10.0 Å². The van der Waals surface area contributed by atoms with Gasteiger partial charge in [-0.1, -0.05) is 66.3 Å². The Morgan fingerprint density at radius 2 is 1.86 bits per heavy atom. The van der Waals surface area contributed by atoms with Gasteiger partial charge in [0.15, 0.2) is 0 Å². The number of sulfonamides is 1. The van der Waals surface area contributed by atoms with Gasteiger partial charge in [0.05, 0.1) is 0 Å². The van der Waals surface area contributed by atoms with Crippen molar-refractivity contribution in [3.8, 4) is 0 Å². The van der Waals surface area contributed by atoms with Gasteiger partial charge in [-0.3, -0.25) is 10.1 Å². The smallest absolute Gasteiger partial charge is 0.270 e. The number of nitrogens with one attached hydrogen (secondary N) is 2. The lowest BCUT2D eigenvalue weighted by Gasteiger charge is -2.16. The van der Waals surface area contributed by atoms with Crippen molar-refractivity contribution in [1.82, 2.24) is 14.9 Å². The van der Waals surface area contributed by atoms with Crippen LogP contribution in [0.4, 0.5) is 5.13 Å². The zero-order chi connectivity index (χ0) is 20.1. The second-order valence-corrected chi connectivity index (χ2v) is 9.05. The maximum absolute atomic E-state index is 12.7. The van der Waals surface area contributed by atoms with Gasteiger partial charge in [-0.05, 0) is 31.0 Å². The molecule has 0 fully saturated rings. The minimum absolute atomic E-state index is 0.125. The van der Waals surface area contributed by atoms with Crippen LogP contribution in [0.3, 0.4) is 0 Å². The fraction of sp³-hybridized carbons (Fsp3) is 0.211. The third-order valence-electron chi connectivity index (χ3n) is 4.04. The number of hydrogen-bond donors (Lipinski definition) is 2. The predicted molar refractivity (Wildman–Crippen MR) is 109 cm³/mol. The summed E-state index contributed by atoms with van der Waals surface area (Å²) in [5.74, 6) is -0.368. The van der Waals surface area contributed by atoms with Gasteiger partial charge in [0, 0.05) is 11.6 Å². The van der Waals surface area contributed by atoms with Crippen LogP contribution in [0.15, 0.2) is 58.9 Å². The van der Waals surface area contributed by atoms with Gasteiger partial charge in [-0.2, -0.15) is 0 Å². The predicted octanol–water partition coefficient (Wildman–Crippen LogP) is 3.53. The van der Waals surface area contributed by atoms with Crippen molar-refractivity contribution < 1.29 is 13.2 Å². The van der Waals surface area contributed by atoms with Gasteiger partial charge >= 0.3 is 0 Å². The van der Waals surface area contributed by atoms with Crippen molar-refractivity contribution in [2.75, 3.05) is 5.32 Å². The number of aromatic nitrogens is 2. The largest absolute Gasteiger partial charge is 0.296 e. The summed E-state index contributed by atoms with van der Waals surface area (Å²) in [6.45, 7) is 3.78.